The maximum Gasteiger partial charge on any atom is -0.0388 e. The summed E-state index contributed by atoms with van der Waals surface area (Å²) < 4.78 is 0. The van der Waals surface area contributed by atoms with Crippen molar-refractivity contribution in [3.05, 3.63) is 0 Å². The first-order valence-corrected chi connectivity index (χ1v) is 5.11. The van der Waals surface area contributed by atoms with E-state index in [1.807, 2.05) is 0 Å². The van der Waals surface area contributed by atoms with E-state index in [9.17, 15) is 0 Å². The van der Waals surface area contributed by atoms with E-state index < -0.39 is 0 Å². The lowest BCUT2D eigenvalue weighted by molar-refractivity contribution is 0.340. The fraction of sp³-hybridized carbons (Fsp3) is 1.00. The third kappa shape index (κ3) is 2.21. The van der Waals surface area contributed by atoms with Gasteiger partial charge in [0.25, 0.3) is 0 Å². The van der Waals surface area contributed by atoms with Crippen molar-refractivity contribution in [1.29, 1.82) is 0 Å². The van der Waals surface area contributed by atoms with E-state index in [2.05, 4.69) is 27.7 Å². The maximum absolute atomic E-state index is 2.37. The summed E-state index contributed by atoms with van der Waals surface area (Å²) >= 11 is 0. The average Bonchev–Trinajstić information content (AvgIpc) is 2.33. The molecule has 11 heavy (non-hydrogen) atoms. The van der Waals surface area contributed by atoms with Crippen LogP contribution < -0.4 is 0 Å². The zero-order valence-corrected chi connectivity index (χ0v) is 8.43. The van der Waals surface area contributed by atoms with Gasteiger partial charge in [0.1, 0.15) is 0 Å². The molecule has 0 aromatic heterocycles. The highest BCUT2D eigenvalue weighted by Gasteiger charge is 2.28. The van der Waals surface area contributed by atoms with Crippen LogP contribution in [-0.2, 0) is 0 Å². The molecule has 0 amide bonds. The van der Waals surface area contributed by atoms with Gasteiger partial charge in [0.15, 0.2) is 0 Å². The maximum atomic E-state index is 2.37. The molecule has 1 aliphatic rings. The van der Waals surface area contributed by atoms with E-state index in [0.29, 0.717) is 0 Å². The van der Waals surface area contributed by atoms with Gasteiger partial charge in [-0.1, -0.05) is 27.7 Å². The van der Waals surface area contributed by atoms with Crippen LogP contribution in [0.3, 0.4) is 0 Å². The average molecular weight is 154 g/mol. The molecule has 2 atom stereocenters. The summed E-state index contributed by atoms with van der Waals surface area (Å²) in [5.74, 6) is 3.89. The Labute approximate surface area is 71.4 Å². The van der Waals surface area contributed by atoms with Gasteiger partial charge in [0.05, 0.1) is 0 Å². The van der Waals surface area contributed by atoms with Crippen LogP contribution in [0.1, 0.15) is 47.0 Å². The van der Waals surface area contributed by atoms with Crippen molar-refractivity contribution in [2.45, 2.75) is 47.0 Å². The number of hydrogen-bond acceptors (Lipinski definition) is 0. The first-order chi connectivity index (χ1) is 5.11. The molecule has 0 bridgehead atoms. The van der Waals surface area contributed by atoms with Crippen LogP contribution in [0.2, 0.25) is 0 Å². The standard InChI is InChI=1S/C11H22/c1-8(2)10-5-6-11(7-10)9(3)4/h8-11H,5-7H2,1-4H3. The van der Waals surface area contributed by atoms with Gasteiger partial charge in [-0.15, -0.1) is 0 Å². The van der Waals surface area contributed by atoms with Crippen LogP contribution in [0.5, 0.6) is 0 Å². The highest BCUT2D eigenvalue weighted by Crippen LogP contribution is 2.38. The number of rotatable bonds is 2. The largest absolute Gasteiger partial charge is 0.0625 e. The van der Waals surface area contributed by atoms with Crippen molar-refractivity contribution >= 4 is 0 Å². The Balaban J connectivity index is 2.35. The monoisotopic (exact) mass is 154 g/mol. The third-order valence-corrected chi connectivity index (χ3v) is 3.40. The molecule has 0 saturated heterocycles. The lowest BCUT2D eigenvalue weighted by Crippen LogP contribution is -2.07. The summed E-state index contributed by atoms with van der Waals surface area (Å²) in [5, 5.41) is 0. The fourth-order valence-corrected chi connectivity index (χ4v) is 2.26. The van der Waals surface area contributed by atoms with Gasteiger partial charge < -0.3 is 0 Å². The molecule has 0 aromatic rings. The Kier molecular flexibility index (Phi) is 2.98. The molecule has 0 nitrogen and oxygen atoms in total. The molecule has 1 fully saturated rings. The highest BCUT2D eigenvalue weighted by atomic mass is 14.3. The Morgan fingerprint density at radius 3 is 1.36 bits per heavy atom. The molecule has 1 rings (SSSR count). The van der Waals surface area contributed by atoms with Gasteiger partial charge in [-0.3, -0.25) is 0 Å². The first kappa shape index (κ1) is 9.09. The topological polar surface area (TPSA) is 0 Å². The minimum Gasteiger partial charge on any atom is -0.0625 e. The summed E-state index contributed by atoms with van der Waals surface area (Å²) in [6.07, 6.45) is 4.47. The van der Waals surface area contributed by atoms with Crippen LogP contribution >= 0.6 is 0 Å². The molecule has 66 valence electrons. The molecule has 1 saturated carbocycles. The van der Waals surface area contributed by atoms with Crippen LogP contribution in [0.25, 0.3) is 0 Å². The van der Waals surface area contributed by atoms with E-state index in [4.69, 9.17) is 0 Å². The second-order valence-electron chi connectivity index (χ2n) is 4.82. The summed E-state index contributed by atoms with van der Waals surface area (Å²) in [6.45, 7) is 9.47. The third-order valence-electron chi connectivity index (χ3n) is 3.40. The Morgan fingerprint density at radius 1 is 0.818 bits per heavy atom. The van der Waals surface area contributed by atoms with Gasteiger partial charge in [-0.05, 0) is 42.9 Å². The fourth-order valence-electron chi connectivity index (χ4n) is 2.26. The summed E-state index contributed by atoms with van der Waals surface area (Å²) in [7, 11) is 0. The van der Waals surface area contributed by atoms with Crippen LogP contribution in [0.15, 0.2) is 0 Å². The molecular formula is C11H22. The SMILES string of the molecule is CC(C)C1CCC(C(C)C)C1. The smallest absolute Gasteiger partial charge is 0.0388 e. The van der Waals surface area contributed by atoms with Crippen molar-refractivity contribution < 1.29 is 0 Å². The van der Waals surface area contributed by atoms with Crippen molar-refractivity contribution in [2.24, 2.45) is 23.7 Å². The summed E-state index contributed by atoms with van der Waals surface area (Å²) in [5.41, 5.74) is 0. The van der Waals surface area contributed by atoms with E-state index >= 15 is 0 Å². The molecule has 0 heterocycles. The van der Waals surface area contributed by atoms with Crippen LogP contribution in [0, 0.1) is 23.7 Å². The van der Waals surface area contributed by atoms with Crippen molar-refractivity contribution in [3.63, 3.8) is 0 Å². The molecule has 0 radical (unpaired) electrons. The molecular weight excluding hydrogens is 132 g/mol. The predicted octanol–water partition coefficient (Wildman–Crippen LogP) is 3.71. The minimum absolute atomic E-state index is 0.916. The minimum atomic E-state index is 0.916. The van der Waals surface area contributed by atoms with E-state index in [0.717, 1.165) is 23.7 Å². The summed E-state index contributed by atoms with van der Waals surface area (Å²) in [6, 6.07) is 0. The van der Waals surface area contributed by atoms with E-state index in [-0.39, 0.29) is 0 Å². The van der Waals surface area contributed by atoms with Crippen molar-refractivity contribution in [3.8, 4) is 0 Å². The lowest BCUT2D eigenvalue weighted by Gasteiger charge is -2.16. The normalized spacial score (nSPS) is 32.2. The van der Waals surface area contributed by atoms with Crippen molar-refractivity contribution in [1.82, 2.24) is 0 Å². The highest BCUT2D eigenvalue weighted by molar-refractivity contribution is 4.78. The molecule has 0 aliphatic heterocycles. The molecule has 0 spiro atoms. The zero-order valence-electron chi connectivity index (χ0n) is 8.43. The van der Waals surface area contributed by atoms with E-state index in [1.54, 1.807) is 0 Å². The Hall–Kier alpha value is 0. The first-order valence-electron chi connectivity index (χ1n) is 5.11. The van der Waals surface area contributed by atoms with Crippen LogP contribution in [0.4, 0.5) is 0 Å². The van der Waals surface area contributed by atoms with Crippen molar-refractivity contribution in [2.75, 3.05) is 0 Å². The summed E-state index contributed by atoms with van der Waals surface area (Å²) in [4.78, 5) is 0. The molecule has 0 aromatic carbocycles. The second kappa shape index (κ2) is 3.60. The Bertz CT molecular complexity index is 99.2. The zero-order chi connectivity index (χ0) is 8.43. The van der Waals surface area contributed by atoms with Gasteiger partial charge in [-0.25, -0.2) is 0 Å². The molecule has 1 aliphatic carbocycles. The quantitative estimate of drug-likeness (QED) is 0.568. The van der Waals surface area contributed by atoms with Gasteiger partial charge in [0.2, 0.25) is 0 Å². The number of hydrogen-bond donors (Lipinski definition) is 0. The Morgan fingerprint density at radius 2 is 1.18 bits per heavy atom. The van der Waals surface area contributed by atoms with Gasteiger partial charge >= 0.3 is 0 Å². The lowest BCUT2D eigenvalue weighted by atomic mass is 9.89. The van der Waals surface area contributed by atoms with Crippen LogP contribution in [-0.4, -0.2) is 0 Å². The molecule has 2 unspecified atom stereocenters. The van der Waals surface area contributed by atoms with E-state index in [1.165, 1.54) is 19.3 Å². The molecule has 0 N–H and O–H groups in total. The molecule has 0 heteroatoms. The second-order valence-corrected chi connectivity index (χ2v) is 4.82. The van der Waals surface area contributed by atoms with Gasteiger partial charge in [0, 0.05) is 0 Å². The van der Waals surface area contributed by atoms with Gasteiger partial charge in [-0.2, -0.15) is 0 Å². The predicted molar refractivity (Wildman–Crippen MR) is 50.5 cm³/mol.